The van der Waals surface area contributed by atoms with E-state index in [1.807, 2.05) is 26.0 Å². The number of aryl methyl sites for hydroxylation is 2. The second-order valence-corrected chi connectivity index (χ2v) is 8.26. The molecule has 0 unspecified atom stereocenters. The predicted octanol–water partition coefficient (Wildman–Crippen LogP) is 3.93. The minimum absolute atomic E-state index is 0.125. The van der Waals surface area contributed by atoms with E-state index < -0.39 is 0 Å². The number of nitrogens with one attached hydrogen (secondary N) is 1. The molecule has 2 aromatic heterocycles. The third kappa shape index (κ3) is 4.71. The molecule has 1 N–H and O–H groups in total. The molecule has 1 aromatic carbocycles. The van der Waals surface area contributed by atoms with E-state index in [-0.39, 0.29) is 17.6 Å². The number of carbonyl (C=O) groups excluding carboxylic acids is 1. The average molecular weight is 424 g/mol. The Labute approximate surface area is 181 Å². The molecule has 3 aromatic rings. The van der Waals surface area contributed by atoms with E-state index in [1.165, 1.54) is 5.56 Å². The van der Waals surface area contributed by atoms with Crippen LogP contribution in [0.1, 0.15) is 40.3 Å². The van der Waals surface area contributed by atoms with Gasteiger partial charge in [0.25, 0.3) is 5.91 Å². The predicted molar refractivity (Wildman–Crippen MR) is 118 cm³/mol. The van der Waals surface area contributed by atoms with Gasteiger partial charge >= 0.3 is 0 Å². The first-order chi connectivity index (χ1) is 14.5. The molecule has 1 amide bonds. The van der Waals surface area contributed by atoms with Gasteiger partial charge in [0.05, 0.1) is 10.7 Å². The number of piperidine rings is 1. The highest BCUT2D eigenvalue weighted by molar-refractivity contribution is 6.33. The molecule has 30 heavy (non-hydrogen) atoms. The molecule has 3 heterocycles. The summed E-state index contributed by atoms with van der Waals surface area (Å²) in [6, 6.07) is 16.1. The third-order valence-electron chi connectivity index (χ3n) is 5.44. The van der Waals surface area contributed by atoms with Crippen LogP contribution in [0.4, 0.5) is 0 Å². The summed E-state index contributed by atoms with van der Waals surface area (Å²) in [7, 11) is 0. The maximum atomic E-state index is 12.9. The molecule has 4 rings (SSSR count). The molecule has 1 aliphatic heterocycles. The van der Waals surface area contributed by atoms with Gasteiger partial charge in [-0.05, 0) is 50.5 Å². The van der Waals surface area contributed by atoms with Gasteiger partial charge < -0.3 is 5.32 Å². The number of nitrogens with zero attached hydrogens (tertiary/aromatic N) is 4. The molecule has 0 aliphatic carbocycles. The number of benzene rings is 1. The number of amides is 1. The van der Waals surface area contributed by atoms with E-state index in [1.54, 1.807) is 16.8 Å². The number of hydrogen-bond acceptors (Lipinski definition) is 4. The van der Waals surface area contributed by atoms with Gasteiger partial charge in [-0.1, -0.05) is 41.9 Å². The van der Waals surface area contributed by atoms with Crippen molar-refractivity contribution in [3.8, 4) is 5.82 Å². The molecular formula is C23H26ClN5O. The van der Waals surface area contributed by atoms with Crippen LogP contribution in [0, 0.1) is 13.8 Å². The summed E-state index contributed by atoms with van der Waals surface area (Å²) in [5.41, 5.74) is 3.42. The van der Waals surface area contributed by atoms with Crippen molar-refractivity contribution in [1.82, 2.24) is 25.0 Å². The molecule has 6 nitrogen and oxygen atoms in total. The van der Waals surface area contributed by atoms with Crippen molar-refractivity contribution in [1.29, 1.82) is 0 Å². The minimum atomic E-state index is -0.232. The largest absolute Gasteiger partial charge is 0.348 e. The van der Waals surface area contributed by atoms with Crippen molar-refractivity contribution < 1.29 is 4.79 Å². The van der Waals surface area contributed by atoms with Gasteiger partial charge in [-0.3, -0.25) is 9.69 Å². The summed E-state index contributed by atoms with van der Waals surface area (Å²) < 4.78 is 1.73. The number of hydrogen-bond donors (Lipinski definition) is 1. The topological polar surface area (TPSA) is 63.1 Å². The van der Waals surface area contributed by atoms with E-state index >= 15 is 0 Å². The Kier molecular flexibility index (Phi) is 6.16. The fraction of sp³-hybridized carbons (Fsp3) is 0.348. The monoisotopic (exact) mass is 423 g/mol. The lowest BCUT2D eigenvalue weighted by Gasteiger charge is -2.32. The van der Waals surface area contributed by atoms with Crippen molar-refractivity contribution in [3.05, 3.63) is 76.2 Å². The van der Waals surface area contributed by atoms with E-state index in [4.69, 9.17) is 11.6 Å². The highest BCUT2D eigenvalue weighted by Crippen LogP contribution is 2.19. The van der Waals surface area contributed by atoms with E-state index in [0.717, 1.165) is 43.9 Å². The first-order valence-electron chi connectivity index (χ1n) is 10.3. The summed E-state index contributed by atoms with van der Waals surface area (Å²) in [6.45, 7) is 6.73. The van der Waals surface area contributed by atoms with E-state index in [2.05, 4.69) is 44.6 Å². The van der Waals surface area contributed by atoms with Gasteiger partial charge in [0.1, 0.15) is 5.69 Å². The van der Waals surface area contributed by atoms with Crippen molar-refractivity contribution >= 4 is 17.5 Å². The molecule has 1 saturated heterocycles. The molecule has 0 radical (unpaired) electrons. The lowest BCUT2D eigenvalue weighted by Crippen LogP contribution is -2.44. The molecule has 1 fully saturated rings. The van der Waals surface area contributed by atoms with Crippen molar-refractivity contribution in [2.24, 2.45) is 0 Å². The molecule has 7 heteroatoms. The second kappa shape index (κ2) is 8.98. The first kappa shape index (κ1) is 20.6. The Morgan fingerprint density at radius 1 is 1.13 bits per heavy atom. The van der Waals surface area contributed by atoms with Crippen molar-refractivity contribution in [2.45, 2.75) is 39.3 Å². The van der Waals surface area contributed by atoms with Crippen LogP contribution < -0.4 is 5.32 Å². The second-order valence-electron chi connectivity index (χ2n) is 7.85. The Morgan fingerprint density at radius 2 is 1.87 bits per heavy atom. The van der Waals surface area contributed by atoms with E-state index in [9.17, 15) is 4.79 Å². The average Bonchev–Trinajstić information content (AvgIpc) is 3.08. The zero-order valence-electron chi connectivity index (χ0n) is 17.3. The highest BCUT2D eigenvalue weighted by atomic mass is 35.5. The van der Waals surface area contributed by atoms with Gasteiger partial charge in [-0.25, -0.2) is 9.67 Å². The zero-order chi connectivity index (χ0) is 21.1. The quantitative estimate of drug-likeness (QED) is 0.675. The Hall–Kier alpha value is -2.70. The Morgan fingerprint density at radius 3 is 2.53 bits per heavy atom. The Bertz CT molecular complexity index is 1030. The third-order valence-corrected chi connectivity index (χ3v) is 5.75. The van der Waals surface area contributed by atoms with Crippen LogP contribution in [-0.2, 0) is 6.54 Å². The number of likely N-dealkylation sites (tertiary alicyclic amines) is 1. The van der Waals surface area contributed by atoms with Crippen LogP contribution in [0.15, 0.2) is 48.5 Å². The molecule has 0 bridgehead atoms. The van der Waals surface area contributed by atoms with Crippen molar-refractivity contribution in [3.63, 3.8) is 0 Å². The first-order valence-corrected chi connectivity index (χ1v) is 10.6. The number of aromatic nitrogens is 3. The molecule has 0 atom stereocenters. The fourth-order valence-electron chi connectivity index (χ4n) is 3.90. The van der Waals surface area contributed by atoms with Gasteiger partial charge in [-0.15, -0.1) is 0 Å². The van der Waals surface area contributed by atoms with E-state index in [0.29, 0.717) is 10.8 Å². The zero-order valence-corrected chi connectivity index (χ0v) is 18.1. The normalized spacial score (nSPS) is 15.3. The summed E-state index contributed by atoms with van der Waals surface area (Å²) in [5.74, 6) is 0.359. The molecular weight excluding hydrogens is 398 g/mol. The summed E-state index contributed by atoms with van der Waals surface area (Å²) in [4.78, 5) is 19.8. The number of carbonyl (C=O) groups is 1. The number of rotatable bonds is 5. The SMILES string of the molecule is Cc1cc(C)n(-c2ccc(Cl)c(C(=O)NC3CCN(Cc4ccccc4)CC3)n2)n1. The standard InChI is InChI=1S/C23H26ClN5O/c1-16-14-17(2)29(27-16)21-9-8-20(24)22(26-21)23(30)25-19-10-12-28(13-11-19)15-18-6-4-3-5-7-18/h3-9,14,19H,10-13,15H2,1-2H3,(H,25,30). The summed E-state index contributed by atoms with van der Waals surface area (Å²) in [5, 5.41) is 7.91. The van der Waals surface area contributed by atoms with Crippen LogP contribution >= 0.6 is 11.6 Å². The van der Waals surface area contributed by atoms with Crippen LogP contribution in [0.2, 0.25) is 5.02 Å². The lowest BCUT2D eigenvalue weighted by molar-refractivity contribution is 0.0904. The fourth-order valence-corrected chi connectivity index (χ4v) is 4.09. The van der Waals surface area contributed by atoms with Gasteiger partial charge in [0, 0.05) is 31.4 Å². The van der Waals surface area contributed by atoms with Crippen LogP contribution in [0.5, 0.6) is 0 Å². The van der Waals surface area contributed by atoms with Crippen LogP contribution in [0.3, 0.4) is 0 Å². The number of pyridine rings is 1. The maximum absolute atomic E-state index is 12.9. The molecule has 0 saturated carbocycles. The number of halogens is 1. The smallest absolute Gasteiger partial charge is 0.271 e. The molecule has 0 spiro atoms. The lowest BCUT2D eigenvalue weighted by atomic mass is 10.0. The Balaban J connectivity index is 1.38. The summed E-state index contributed by atoms with van der Waals surface area (Å²) in [6.07, 6.45) is 1.82. The van der Waals surface area contributed by atoms with Gasteiger partial charge in [-0.2, -0.15) is 5.10 Å². The minimum Gasteiger partial charge on any atom is -0.348 e. The van der Waals surface area contributed by atoms with Crippen LogP contribution in [0.25, 0.3) is 5.82 Å². The van der Waals surface area contributed by atoms with Crippen LogP contribution in [-0.4, -0.2) is 44.7 Å². The highest BCUT2D eigenvalue weighted by Gasteiger charge is 2.23. The molecule has 156 valence electrons. The maximum Gasteiger partial charge on any atom is 0.271 e. The summed E-state index contributed by atoms with van der Waals surface area (Å²) >= 11 is 6.29. The van der Waals surface area contributed by atoms with Crippen molar-refractivity contribution in [2.75, 3.05) is 13.1 Å². The molecule has 1 aliphatic rings. The van der Waals surface area contributed by atoms with Gasteiger partial charge in [0.2, 0.25) is 0 Å². The van der Waals surface area contributed by atoms with Gasteiger partial charge in [0.15, 0.2) is 5.82 Å².